The Morgan fingerprint density at radius 2 is 1.92 bits per heavy atom. The lowest BCUT2D eigenvalue weighted by Gasteiger charge is -2.34. The second kappa shape index (κ2) is 11.1. The van der Waals surface area contributed by atoms with Crippen molar-refractivity contribution in [3.05, 3.63) is 52.2 Å². The molecule has 2 heterocycles. The first-order valence-corrected chi connectivity index (χ1v) is 12.3. The number of alkyl halides is 2. The van der Waals surface area contributed by atoms with Gasteiger partial charge in [0.05, 0.1) is 17.3 Å². The van der Waals surface area contributed by atoms with Gasteiger partial charge in [-0.25, -0.2) is 23.1 Å². The number of nitrogens with zero attached hydrogens (tertiary/aromatic N) is 2. The van der Waals surface area contributed by atoms with E-state index in [0.29, 0.717) is 63.3 Å². The number of hydrogen-bond acceptors (Lipinski definition) is 7. The summed E-state index contributed by atoms with van der Waals surface area (Å²) in [7, 11) is 1.55. The summed E-state index contributed by atoms with van der Waals surface area (Å²) in [6.07, 6.45) is 0.0808. The number of ether oxygens (including phenoxy) is 2. The first-order chi connectivity index (χ1) is 17.6. The predicted octanol–water partition coefficient (Wildman–Crippen LogP) is 4.09. The second-order valence-electron chi connectivity index (χ2n) is 9.65. The van der Waals surface area contributed by atoms with Crippen molar-refractivity contribution in [2.24, 2.45) is 11.7 Å². The number of nitrogens with two attached hydrogens (primary N) is 1. The summed E-state index contributed by atoms with van der Waals surface area (Å²) in [5, 5.41) is 3.07. The fraction of sp³-hybridized carbons (Fsp3) is 0.538. The van der Waals surface area contributed by atoms with Crippen LogP contribution in [0.25, 0.3) is 0 Å². The molecular formula is C26H31F3N4O4. The van der Waals surface area contributed by atoms with Gasteiger partial charge in [-0.05, 0) is 32.1 Å². The van der Waals surface area contributed by atoms with Gasteiger partial charge in [-0.15, -0.1) is 0 Å². The molecule has 1 amide bonds. The number of amides is 1. The molecule has 2 atom stereocenters. The molecule has 1 aliphatic carbocycles. The number of nitrogens with one attached hydrogen (secondary N) is 1. The number of carbonyl (C=O) groups is 2. The molecule has 0 saturated carbocycles. The summed E-state index contributed by atoms with van der Waals surface area (Å²) in [4.78, 5) is 33.5. The van der Waals surface area contributed by atoms with Crippen LogP contribution in [0, 0.1) is 11.7 Å². The lowest BCUT2D eigenvalue weighted by atomic mass is 9.85. The van der Waals surface area contributed by atoms with Crippen LogP contribution >= 0.6 is 0 Å². The van der Waals surface area contributed by atoms with Crippen LogP contribution in [0.2, 0.25) is 0 Å². The number of ketones is 1. The molecular weight excluding hydrogens is 489 g/mol. The summed E-state index contributed by atoms with van der Waals surface area (Å²) in [5.74, 6) is -1.58. The Balaban J connectivity index is 1.52. The fourth-order valence-corrected chi connectivity index (χ4v) is 5.20. The molecule has 1 unspecified atom stereocenters. The third-order valence-corrected chi connectivity index (χ3v) is 7.38. The van der Waals surface area contributed by atoms with E-state index in [4.69, 9.17) is 15.2 Å². The average molecular weight is 521 g/mol. The number of methoxy groups -OCH3 is 1. The van der Waals surface area contributed by atoms with Gasteiger partial charge < -0.3 is 20.5 Å². The monoisotopic (exact) mass is 520 g/mol. The van der Waals surface area contributed by atoms with Crippen molar-refractivity contribution in [1.82, 2.24) is 9.97 Å². The minimum atomic E-state index is -2.95. The number of fused-ring (bicyclic) bond motifs is 1. The number of aromatic nitrogens is 2. The molecule has 1 aliphatic heterocycles. The predicted molar refractivity (Wildman–Crippen MR) is 129 cm³/mol. The van der Waals surface area contributed by atoms with Crippen LogP contribution in [0.15, 0.2) is 18.2 Å². The van der Waals surface area contributed by atoms with E-state index in [-0.39, 0.29) is 23.1 Å². The summed E-state index contributed by atoms with van der Waals surface area (Å²) in [5.41, 5.74) is 5.36. The van der Waals surface area contributed by atoms with Crippen LogP contribution in [-0.2, 0) is 27.1 Å². The van der Waals surface area contributed by atoms with E-state index in [1.54, 1.807) is 14.0 Å². The lowest BCUT2D eigenvalue weighted by Crippen LogP contribution is -2.45. The highest BCUT2D eigenvalue weighted by molar-refractivity contribution is 5.89. The van der Waals surface area contributed by atoms with E-state index in [1.807, 2.05) is 0 Å². The van der Waals surface area contributed by atoms with Gasteiger partial charge >= 0.3 is 0 Å². The van der Waals surface area contributed by atoms with E-state index in [0.717, 1.165) is 11.6 Å². The molecule has 1 fully saturated rings. The summed E-state index contributed by atoms with van der Waals surface area (Å²) in [6.45, 7) is 2.58. The van der Waals surface area contributed by atoms with Crippen LogP contribution in [0.4, 0.5) is 19.0 Å². The van der Waals surface area contributed by atoms with Gasteiger partial charge in [0, 0.05) is 50.7 Å². The zero-order chi connectivity index (χ0) is 26.7. The van der Waals surface area contributed by atoms with Crippen LogP contribution in [-0.4, -0.2) is 47.6 Å². The zero-order valence-electron chi connectivity index (χ0n) is 20.9. The molecule has 3 N–H and O–H groups in total. The van der Waals surface area contributed by atoms with E-state index in [9.17, 15) is 22.8 Å². The third kappa shape index (κ3) is 5.62. The maximum Gasteiger partial charge on any atom is 0.286 e. The Morgan fingerprint density at radius 1 is 1.22 bits per heavy atom. The summed E-state index contributed by atoms with van der Waals surface area (Å²) in [6, 6.07) is 3.11. The molecule has 0 spiro atoms. The Labute approximate surface area is 213 Å². The van der Waals surface area contributed by atoms with Gasteiger partial charge in [0.2, 0.25) is 5.82 Å². The molecule has 37 heavy (non-hydrogen) atoms. The largest absolute Gasteiger partial charge is 0.381 e. The number of anilines is 1. The standard InChI is InChI=1S/C26H31F3N4O4/c1-14(16-4-3-5-17(21(16)27)22(28)29)31-24-18-12-15(13-19(18)32-25(33-24)23(30)35)6-7-20(34)26(36-2)8-10-37-11-9-26/h3-5,14-15,22H,6-13H2,1-2H3,(H2,30,35)(H,31,32,33)/t14-,15?/m1/s1. The molecule has 11 heteroatoms. The van der Waals surface area contributed by atoms with E-state index in [1.165, 1.54) is 12.1 Å². The van der Waals surface area contributed by atoms with Crippen molar-refractivity contribution in [2.45, 2.75) is 63.5 Å². The fourth-order valence-electron chi connectivity index (χ4n) is 5.20. The molecule has 2 aliphatic rings. The van der Waals surface area contributed by atoms with Crippen LogP contribution in [0.5, 0.6) is 0 Å². The van der Waals surface area contributed by atoms with Crippen LogP contribution < -0.4 is 11.1 Å². The van der Waals surface area contributed by atoms with Crippen molar-refractivity contribution >= 4 is 17.5 Å². The molecule has 0 bridgehead atoms. The number of halogens is 3. The van der Waals surface area contributed by atoms with Crippen molar-refractivity contribution in [2.75, 3.05) is 25.6 Å². The molecule has 1 aromatic carbocycles. The quantitative estimate of drug-likeness (QED) is 0.485. The Kier molecular flexibility index (Phi) is 8.13. The molecule has 1 saturated heterocycles. The first kappa shape index (κ1) is 27.0. The first-order valence-electron chi connectivity index (χ1n) is 12.3. The summed E-state index contributed by atoms with van der Waals surface area (Å²) < 4.78 is 52.1. The maximum atomic E-state index is 14.7. The van der Waals surface area contributed by atoms with Gasteiger partial charge in [0.1, 0.15) is 17.2 Å². The minimum Gasteiger partial charge on any atom is -0.381 e. The van der Waals surface area contributed by atoms with Crippen molar-refractivity contribution in [3.63, 3.8) is 0 Å². The molecule has 1 aromatic heterocycles. The highest BCUT2D eigenvalue weighted by atomic mass is 19.3. The number of rotatable bonds is 10. The SMILES string of the molecule is COC1(C(=O)CCC2Cc3nc(C(N)=O)nc(N[C@H](C)c4cccc(C(F)F)c4F)c3C2)CCOCC1. The topological polar surface area (TPSA) is 116 Å². The molecule has 8 nitrogen and oxygen atoms in total. The third-order valence-electron chi connectivity index (χ3n) is 7.38. The van der Waals surface area contributed by atoms with E-state index in [2.05, 4.69) is 15.3 Å². The molecule has 2 aromatic rings. The normalized spacial score (nSPS) is 19.5. The highest BCUT2D eigenvalue weighted by Crippen LogP contribution is 2.36. The van der Waals surface area contributed by atoms with Crippen molar-refractivity contribution < 1.29 is 32.2 Å². The number of Topliss-reactive ketones (excluding diaryl/α,β-unsaturated/α-hetero) is 1. The molecule has 0 radical (unpaired) electrons. The highest BCUT2D eigenvalue weighted by Gasteiger charge is 2.40. The second-order valence-corrected chi connectivity index (χ2v) is 9.65. The number of primary amides is 1. The van der Waals surface area contributed by atoms with Gasteiger partial charge in [-0.3, -0.25) is 9.59 Å². The molecule has 4 rings (SSSR count). The Hall–Kier alpha value is -3.05. The van der Waals surface area contributed by atoms with E-state index < -0.39 is 35.4 Å². The summed E-state index contributed by atoms with van der Waals surface area (Å²) >= 11 is 0. The van der Waals surface area contributed by atoms with Gasteiger partial charge in [0.15, 0.2) is 5.78 Å². The zero-order valence-corrected chi connectivity index (χ0v) is 20.9. The number of benzene rings is 1. The van der Waals surface area contributed by atoms with Crippen molar-refractivity contribution in [3.8, 4) is 0 Å². The van der Waals surface area contributed by atoms with Crippen LogP contribution in [0.1, 0.15) is 78.1 Å². The minimum absolute atomic E-state index is 0.0412. The number of hydrogen-bond donors (Lipinski definition) is 2. The maximum absolute atomic E-state index is 14.7. The van der Waals surface area contributed by atoms with Crippen LogP contribution in [0.3, 0.4) is 0 Å². The van der Waals surface area contributed by atoms with Gasteiger partial charge in [-0.1, -0.05) is 18.2 Å². The van der Waals surface area contributed by atoms with E-state index >= 15 is 0 Å². The molecule has 200 valence electrons. The Bertz CT molecular complexity index is 1170. The Morgan fingerprint density at radius 3 is 2.57 bits per heavy atom. The van der Waals surface area contributed by atoms with Gasteiger partial charge in [0.25, 0.3) is 12.3 Å². The number of carbonyl (C=O) groups excluding carboxylic acids is 2. The average Bonchev–Trinajstić information content (AvgIpc) is 3.30. The van der Waals surface area contributed by atoms with Crippen molar-refractivity contribution in [1.29, 1.82) is 0 Å². The smallest absolute Gasteiger partial charge is 0.286 e. The lowest BCUT2D eigenvalue weighted by molar-refractivity contribution is -0.153. The van der Waals surface area contributed by atoms with Gasteiger partial charge in [-0.2, -0.15) is 0 Å².